The molecule has 3 aromatic heterocycles. The van der Waals surface area contributed by atoms with Crippen molar-refractivity contribution in [1.82, 2.24) is 24.7 Å². The number of aryl methyl sites for hydroxylation is 1. The number of rotatable bonds is 6. The molecule has 9 heteroatoms. The van der Waals surface area contributed by atoms with Crippen molar-refractivity contribution < 1.29 is 4.84 Å². The van der Waals surface area contributed by atoms with Gasteiger partial charge in [0.25, 0.3) is 0 Å². The molecule has 0 aromatic carbocycles. The summed E-state index contributed by atoms with van der Waals surface area (Å²) in [6.07, 6.45) is 9.36. The van der Waals surface area contributed by atoms with Gasteiger partial charge in [-0.1, -0.05) is 11.8 Å². The predicted molar refractivity (Wildman–Crippen MR) is 107 cm³/mol. The Hall–Kier alpha value is -2.78. The summed E-state index contributed by atoms with van der Waals surface area (Å²) < 4.78 is 2.25. The first-order chi connectivity index (χ1) is 13.8. The van der Waals surface area contributed by atoms with Crippen LogP contribution in [-0.2, 0) is 4.84 Å². The van der Waals surface area contributed by atoms with Gasteiger partial charge in [-0.05, 0) is 44.0 Å². The van der Waals surface area contributed by atoms with Crippen molar-refractivity contribution in [1.29, 1.82) is 0 Å². The van der Waals surface area contributed by atoms with E-state index in [0.29, 0.717) is 11.8 Å². The second-order valence-corrected chi connectivity index (χ2v) is 7.78. The highest BCUT2D eigenvalue weighted by atomic mass is 32.2. The Morgan fingerprint density at radius 2 is 2.00 bits per heavy atom. The van der Waals surface area contributed by atoms with Crippen molar-refractivity contribution in [3.63, 3.8) is 0 Å². The molecule has 8 nitrogen and oxygen atoms in total. The molecule has 1 fully saturated rings. The smallest absolute Gasteiger partial charge is 0.191 e. The second kappa shape index (κ2) is 7.33. The fourth-order valence-corrected chi connectivity index (χ4v) is 3.99. The average Bonchev–Trinajstić information content (AvgIpc) is 3.29. The van der Waals surface area contributed by atoms with E-state index in [1.165, 1.54) is 12.8 Å². The van der Waals surface area contributed by atoms with Gasteiger partial charge in [-0.15, -0.1) is 15.4 Å². The highest BCUT2D eigenvalue weighted by molar-refractivity contribution is 7.99. The zero-order valence-corrected chi connectivity index (χ0v) is 16.2. The van der Waals surface area contributed by atoms with E-state index in [1.54, 1.807) is 35.5 Å². The van der Waals surface area contributed by atoms with E-state index in [1.807, 2.05) is 37.4 Å². The van der Waals surface area contributed by atoms with Crippen LogP contribution >= 0.6 is 11.8 Å². The lowest BCUT2D eigenvalue weighted by molar-refractivity contribution is 0.112. The van der Waals surface area contributed by atoms with Gasteiger partial charge < -0.3 is 0 Å². The first-order valence-corrected chi connectivity index (χ1v) is 10.2. The third-order valence-electron chi connectivity index (χ3n) is 4.57. The minimum atomic E-state index is -0.118. The fraction of sp³-hybridized carbons (Fsp3) is 0.316. The van der Waals surface area contributed by atoms with E-state index in [0.717, 1.165) is 27.9 Å². The van der Waals surface area contributed by atoms with Crippen LogP contribution in [0.2, 0.25) is 0 Å². The van der Waals surface area contributed by atoms with E-state index in [4.69, 9.17) is 4.84 Å². The Morgan fingerprint density at radius 1 is 1.14 bits per heavy atom. The van der Waals surface area contributed by atoms with Gasteiger partial charge in [0.1, 0.15) is 6.10 Å². The van der Waals surface area contributed by atoms with E-state index < -0.39 is 0 Å². The molecular formula is C19H19N7OS. The van der Waals surface area contributed by atoms with Gasteiger partial charge in [0.05, 0.1) is 11.9 Å². The van der Waals surface area contributed by atoms with Crippen LogP contribution in [-0.4, -0.2) is 42.8 Å². The monoisotopic (exact) mass is 393 g/mol. The third-order valence-corrected chi connectivity index (χ3v) is 5.60. The summed E-state index contributed by atoms with van der Waals surface area (Å²) in [5.74, 6) is 1.62. The number of hydrogen-bond acceptors (Lipinski definition) is 8. The molecule has 0 amide bonds. The van der Waals surface area contributed by atoms with Gasteiger partial charge in [0, 0.05) is 41.6 Å². The summed E-state index contributed by atoms with van der Waals surface area (Å²) in [4.78, 5) is 14.2. The number of hydrogen-bond donors (Lipinski definition) is 0. The average molecular weight is 393 g/mol. The minimum Gasteiger partial charge on any atom is -0.299 e. The number of aromatic nitrogens is 5. The maximum atomic E-state index is 5.93. The fourth-order valence-electron chi connectivity index (χ4n) is 3.06. The zero-order valence-electron chi connectivity index (χ0n) is 15.3. The van der Waals surface area contributed by atoms with Crippen molar-refractivity contribution in [3.05, 3.63) is 48.5 Å². The van der Waals surface area contributed by atoms with Crippen LogP contribution in [0.3, 0.4) is 0 Å². The lowest BCUT2D eigenvalue weighted by atomic mass is 10.2. The molecule has 2 aliphatic rings. The summed E-state index contributed by atoms with van der Waals surface area (Å²) >= 11 is 1.65. The van der Waals surface area contributed by atoms with Crippen molar-refractivity contribution in [2.45, 2.75) is 37.1 Å². The second-order valence-electron chi connectivity index (χ2n) is 6.79. The molecule has 142 valence electrons. The summed E-state index contributed by atoms with van der Waals surface area (Å²) in [6, 6.07) is 8.24. The molecule has 5 rings (SSSR count). The highest BCUT2D eigenvalue weighted by Crippen LogP contribution is 2.41. The Balaban J connectivity index is 1.28. The van der Waals surface area contributed by atoms with E-state index in [9.17, 15) is 0 Å². The summed E-state index contributed by atoms with van der Waals surface area (Å²) in [5, 5.41) is 15.7. The third kappa shape index (κ3) is 3.50. The molecule has 1 aliphatic heterocycles. The van der Waals surface area contributed by atoms with Crippen LogP contribution in [0.1, 0.15) is 24.6 Å². The molecule has 28 heavy (non-hydrogen) atoms. The van der Waals surface area contributed by atoms with Gasteiger partial charge in [0.2, 0.25) is 0 Å². The van der Waals surface area contributed by atoms with E-state index >= 15 is 0 Å². The Bertz CT molecular complexity index is 1000. The maximum Gasteiger partial charge on any atom is 0.191 e. The van der Waals surface area contributed by atoms with Gasteiger partial charge in [-0.3, -0.25) is 14.5 Å². The quantitative estimate of drug-likeness (QED) is 0.595. The van der Waals surface area contributed by atoms with Crippen molar-refractivity contribution in [3.8, 4) is 11.4 Å². The van der Waals surface area contributed by atoms with E-state index in [-0.39, 0.29) is 6.10 Å². The van der Waals surface area contributed by atoms with Crippen molar-refractivity contribution >= 4 is 23.7 Å². The molecule has 1 atom stereocenters. The van der Waals surface area contributed by atoms with Gasteiger partial charge in [0.15, 0.2) is 11.0 Å². The number of hydrazone groups is 1. The summed E-state index contributed by atoms with van der Waals surface area (Å²) in [5.41, 5.74) is 2.84. The van der Waals surface area contributed by atoms with E-state index in [2.05, 4.69) is 29.8 Å². The number of pyridine rings is 2. The van der Waals surface area contributed by atoms with Crippen LogP contribution in [0, 0.1) is 6.92 Å². The first kappa shape index (κ1) is 17.3. The largest absolute Gasteiger partial charge is 0.299 e. The molecule has 0 saturated heterocycles. The van der Waals surface area contributed by atoms with Crippen LogP contribution < -0.4 is 5.17 Å². The van der Waals surface area contributed by atoms with Crippen LogP contribution in [0.25, 0.3) is 11.4 Å². The maximum absolute atomic E-state index is 5.93. The molecule has 0 bridgehead atoms. The normalized spacial score (nSPS) is 18.8. The molecular weight excluding hydrogens is 374 g/mol. The molecule has 0 N–H and O–H groups in total. The van der Waals surface area contributed by atoms with Gasteiger partial charge in [-0.2, -0.15) is 5.10 Å². The Morgan fingerprint density at radius 3 is 2.79 bits per heavy atom. The van der Waals surface area contributed by atoms with Crippen LogP contribution in [0.5, 0.6) is 0 Å². The lowest BCUT2D eigenvalue weighted by Gasteiger charge is -2.15. The van der Waals surface area contributed by atoms with Crippen molar-refractivity contribution in [2.24, 2.45) is 5.10 Å². The SMILES string of the molecule is Cc1cc(N2N=CC(CSc3nnc(-c4ccncc4)n3C3CC3)O2)ccn1. The first-order valence-electron chi connectivity index (χ1n) is 9.20. The summed E-state index contributed by atoms with van der Waals surface area (Å²) in [6.45, 7) is 1.95. The zero-order chi connectivity index (χ0) is 18.9. The highest BCUT2D eigenvalue weighted by Gasteiger charge is 2.31. The molecule has 1 aliphatic carbocycles. The molecule has 4 heterocycles. The minimum absolute atomic E-state index is 0.118. The number of nitrogens with zero attached hydrogens (tertiary/aromatic N) is 7. The molecule has 0 radical (unpaired) electrons. The molecule has 3 aromatic rings. The predicted octanol–water partition coefficient (Wildman–Crippen LogP) is 3.28. The topological polar surface area (TPSA) is 81.3 Å². The summed E-state index contributed by atoms with van der Waals surface area (Å²) in [7, 11) is 0. The number of anilines is 1. The lowest BCUT2D eigenvalue weighted by Crippen LogP contribution is -2.20. The molecule has 1 saturated carbocycles. The van der Waals surface area contributed by atoms with Gasteiger partial charge >= 0.3 is 0 Å². The Kier molecular flexibility index (Phi) is 4.53. The molecule has 1 unspecified atom stereocenters. The number of thioether (sulfide) groups is 1. The van der Waals surface area contributed by atoms with Crippen LogP contribution in [0.15, 0.2) is 53.1 Å². The van der Waals surface area contributed by atoms with Gasteiger partial charge in [-0.25, -0.2) is 4.84 Å². The Labute approximate surface area is 166 Å². The van der Waals surface area contributed by atoms with Crippen LogP contribution in [0.4, 0.5) is 5.69 Å². The standard InChI is InChI=1S/C19H19N7OS/c1-13-10-16(6-9-21-13)26-22-11-17(27-26)12-28-19-24-23-18(25(19)15-2-3-15)14-4-7-20-8-5-14/h4-11,15,17H,2-3,12H2,1H3. The van der Waals surface area contributed by atoms with Crippen molar-refractivity contribution in [2.75, 3.05) is 10.9 Å². The molecule has 0 spiro atoms.